The van der Waals surface area contributed by atoms with E-state index >= 15 is 0 Å². The Morgan fingerprint density at radius 3 is 2.59 bits per heavy atom. The van der Waals surface area contributed by atoms with Crippen molar-refractivity contribution in [3.63, 3.8) is 0 Å². The van der Waals surface area contributed by atoms with E-state index in [1.807, 2.05) is 49.4 Å². The molecule has 0 aliphatic carbocycles. The third kappa shape index (κ3) is 4.33. The number of hydrogen-bond donors (Lipinski definition) is 1. The van der Waals surface area contributed by atoms with Crippen LogP contribution in [-0.4, -0.2) is 21.1 Å². The molecular weight excluding hydrogens is 398 g/mol. The normalized spacial score (nSPS) is 12.1. The molecule has 0 bridgehead atoms. The molecule has 0 unspecified atom stereocenters. The maximum Gasteiger partial charge on any atom is 0.237 e. The lowest BCUT2D eigenvalue weighted by Gasteiger charge is -2.13. The monoisotopic (exact) mass is 419 g/mol. The Kier molecular flexibility index (Phi) is 5.92. The summed E-state index contributed by atoms with van der Waals surface area (Å²) in [7, 11) is 0. The number of carbonyl (C=O) groups is 1. The van der Waals surface area contributed by atoms with Gasteiger partial charge in [-0.3, -0.25) is 4.79 Å². The van der Waals surface area contributed by atoms with Gasteiger partial charge < -0.3 is 5.32 Å². The molecule has 4 rings (SSSR count). The third-order valence-electron chi connectivity index (χ3n) is 4.71. The smallest absolute Gasteiger partial charge is 0.237 e. The molecule has 0 fully saturated rings. The van der Waals surface area contributed by atoms with Gasteiger partial charge in [0.25, 0.3) is 0 Å². The van der Waals surface area contributed by atoms with Crippen molar-refractivity contribution >= 4 is 44.9 Å². The number of carbonyl (C=O) groups excluding carboxylic acids is 1. The molecule has 0 aliphatic rings. The number of amides is 1. The molecule has 1 atom stereocenters. The topological polar surface area (TPSA) is 54.9 Å². The predicted molar refractivity (Wildman–Crippen MR) is 123 cm³/mol. The second kappa shape index (κ2) is 8.76. The number of aryl methyl sites for hydroxylation is 1. The number of anilines is 1. The van der Waals surface area contributed by atoms with Crippen LogP contribution in [0.4, 0.5) is 5.69 Å². The number of nitrogens with zero attached hydrogens (tertiary/aromatic N) is 2. The molecule has 4 aromatic rings. The fourth-order valence-electron chi connectivity index (χ4n) is 3.06. The van der Waals surface area contributed by atoms with Crippen molar-refractivity contribution in [3.05, 3.63) is 71.9 Å². The van der Waals surface area contributed by atoms with Gasteiger partial charge >= 0.3 is 0 Å². The minimum absolute atomic E-state index is 0.0394. The first-order valence-corrected chi connectivity index (χ1v) is 11.3. The Morgan fingerprint density at radius 1 is 1.10 bits per heavy atom. The van der Waals surface area contributed by atoms with Crippen molar-refractivity contribution in [2.45, 2.75) is 30.5 Å². The van der Waals surface area contributed by atoms with Crippen molar-refractivity contribution in [1.29, 1.82) is 0 Å². The van der Waals surface area contributed by atoms with Crippen LogP contribution in [0, 0.1) is 0 Å². The van der Waals surface area contributed by atoms with E-state index in [-0.39, 0.29) is 11.2 Å². The fourth-order valence-corrected chi connectivity index (χ4v) is 4.97. The molecular formula is C23H21N3OS2. The van der Waals surface area contributed by atoms with Gasteiger partial charge in [-0.15, -0.1) is 11.3 Å². The number of hydrogen-bond acceptors (Lipinski definition) is 5. The van der Waals surface area contributed by atoms with Crippen LogP contribution >= 0.6 is 23.1 Å². The summed E-state index contributed by atoms with van der Waals surface area (Å²) in [5.41, 5.74) is 4.30. The maximum atomic E-state index is 12.7. The minimum Gasteiger partial charge on any atom is -0.325 e. The zero-order valence-corrected chi connectivity index (χ0v) is 17.9. The molecule has 0 spiro atoms. The van der Waals surface area contributed by atoms with Crippen LogP contribution in [-0.2, 0) is 11.2 Å². The minimum atomic E-state index is -0.289. The van der Waals surface area contributed by atoms with Crippen molar-refractivity contribution in [2.24, 2.45) is 0 Å². The molecule has 2 aromatic carbocycles. The number of benzene rings is 2. The maximum absolute atomic E-state index is 12.7. The zero-order valence-electron chi connectivity index (χ0n) is 16.3. The number of nitrogens with one attached hydrogen (secondary N) is 1. The molecule has 2 heterocycles. The van der Waals surface area contributed by atoms with Crippen LogP contribution in [0.25, 0.3) is 21.3 Å². The van der Waals surface area contributed by atoms with Crippen molar-refractivity contribution < 1.29 is 4.79 Å². The zero-order chi connectivity index (χ0) is 20.2. The van der Waals surface area contributed by atoms with Gasteiger partial charge in [-0.2, -0.15) is 0 Å². The Morgan fingerprint density at radius 2 is 1.86 bits per heavy atom. The van der Waals surface area contributed by atoms with E-state index in [2.05, 4.69) is 39.7 Å². The van der Waals surface area contributed by atoms with E-state index < -0.39 is 0 Å². The molecule has 0 aliphatic heterocycles. The van der Waals surface area contributed by atoms with Crippen molar-refractivity contribution in [3.8, 4) is 11.1 Å². The molecule has 1 N–H and O–H groups in total. The molecule has 4 nitrogen and oxygen atoms in total. The summed E-state index contributed by atoms with van der Waals surface area (Å²) >= 11 is 3.06. The van der Waals surface area contributed by atoms with Gasteiger partial charge in [0.1, 0.15) is 16.2 Å². The van der Waals surface area contributed by atoms with E-state index in [0.29, 0.717) is 0 Å². The second-order valence-electron chi connectivity index (χ2n) is 6.67. The van der Waals surface area contributed by atoms with E-state index in [1.165, 1.54) is 17.3 Å². The Labute approximate surface area is 178 Å². The van der Waals surface area contributed by atoms with Gasteiger partial charge in [-0.1, -0.05) is 61.2 Å². The van der Waals surface area contributed by atoms with Gasteiger partial charge in [0.2, 0.25) is 5.91 Å². The summed E-state index contributed by atoms with van der Waals surface area (Å²) in [5.74, 6) is -0.0394. The van der Waals surface area contributed by atoms with E-state index in [9.17, 15) is 4.79 Å². The van der Waals surface area contributed by atoms with Crippen molar-refractivity contribution in [1.82, 2.24) is 9.97 Å². The largest absolute Gasteiger partial charge is 0.325 e. The van der Waals surface area contributed by atoms with Crippen LogP contribution in [0.2, 0.25) is 0 Å². The lowest BCUT2D eigenvalue weighted by Crippen LogP contribution is -2.22. The van der Waals surface area contributed by atoms with Gasteiger partial charge in [0.15, 0.2) is 0 Å². The first-order chi connectivity index (χ1) is 14.2. The highest BCUT2D eigenvalue weighted by Crippen LogP contribution is 2.39. The first kappa shape index (κ1) is 19.6. The van der Waals surface area contributed by atoms with Gasteiger partial charge in [-0.25, -0.2) is 9.97 Å². The van der Waals surface area contributed by atoms with Crippen LogP contribution in [0.5, 0.6) is 0 Å². The Bertz CT molecular complexity index is 1120. The molecule has 2 aromatic heterocycles. The fraction of sp³-hybridized carbons (Fsp3) is 0.174. The lowest BCUT2D eigenvalue weighted by molar-refractivity contribution is -0.115. The summed E-state index contributed by atoms with van der Waals surface area (Å²) in [5, 5.41) is 6.67. The molecule has 6 heteroatoms. The van der Waals surface area contributed by atoms with Gasteiger partial charge in [0, 0.05) is 16.6 Å². The highest BCUT2D eigenvalue weighted by atomic mass is 32.2. The highest BCUT2D eigenvalue weighted by Gasteiger charge is 2.20. The third-order valence-corrected chi connectivity index (χ3v) is 6.69. The quantitative estimate of drug-likeness (QED) is 0.306. The van der Waals surface area contributed by atoms with E-state index in [1.54, 1.807) is 17.7 Å². The second-order valence-corrected chi connectivity index (χ2v) is 8.86. The van der Waals surface area contributed by atoms with E-state index in [0.717, 1.165) is 38.5 Å². The van der Waals surface area contributed by atoms with Crippen LogP contribution < -0.4 is 5.32 Å². The van der Waals surface area contributed by atoms with Crippen LogP contribution in [0.1, 0.15) is 19.4 Å². The predicted octanol–water partition coefficient (Wildman–Crippen LogP) is 6.04. The van der Waals surface area contributed by atoms with Crippen LogP contribution in [0.15, 0.2) is 71.3 Å². The summed E-state index contributed by atoms with van der Waals surface area (Å²) in [4.78, 5) is 22.6. The Balaban J connectivity index is 1.56. The number of fused-ring (bicyclic) bond motifs is 1. The summed E-state index contributed by atoms with van der Waals surface area (Å²) in [6.45, 7) is 4.02. The summed E-state index contributed by atoms with van der Waals surface area (Å²) in [6, 6.07) is 18.2. The SMILES string of the molecule is CCc1ccc(NC(=O)[C@@H](C)Sc2ncnc3scc(-c4ccccc4)c23)cc1. The van der Waals surface area contributed by atoms with Gasteiger partial charge in [0.05, 0.1) is 10.6 Å². The number of thioether (sulfide) groups is 1. The number of rotatable bonds is 6. The van der Waals surface area contributed by atoms with E-state index in [4.69, 9.17) is 0 Å². The Hall–Kier alpha value is -2.70. The summed E-state index contributed by atoms with van der Waals surface area (Å²) in [6.07, 6.45) is 2.55. The lowest BCUT2D eigenvalue weighted by atomic mass is 10.1. The molecule has 29 heavy (non-hydrogen) atoms. The number of thiophene rings is 1. The van der Waals surface area contributed by atoms with Gasteiger partial charge in [-0.05, 0) is 36.6 Å². The average molecular weight is 420 g/mol. The number of aromatic nitrogens is 2. The summed E-state index contributed by atoms with van der Waals surface area (Å²) < 4.78 is 0. The first-order valence-electron chi connectivity index (χ1n) is 9.49. The standard InChI is InChI=1S/C23H21N3OS2/c1-3-16-9-11-18(12-10-16)26-21(27)15(2)29-23-20-19(17-7-5-4-6-8-17)13-28-22(20)24-14-25-23/h4-15H,3H2,1-2H3,(H,26,27)/t15-/m1/s1. The highest BCUT2D eigenvalue weighted by molar-refractivity contribution is 8.00. The molecule has 1 amide bonds. The molecule has 0 radical (unpaired) electrons. The van der Waals surface area contributed by atoms with Crippen LogP contribution in [0.3, 0.4) is 0 Å². The van der Waals surface area contributed by atoms with Crippen molar-refractivity contribution in [2.75, 3.05) is 5.32 Å². The molecule has 0 saturated heterocycles. The molecule has 146 valence electrons. The average Bonchev–Trinajstić information content (AvgIpc) is 3.20. The molecule has 0 saturated carbocycles.